The minimum Gasteiger partial charge on any atom is -0.504 e. The largest absolute Gasteiger partial charge is 0.504 e. The number of aromatic nitrogens is 2. The lowest BCUT2D eigenvalue weighted by Crippen LogP contribution is -1.92. The van der Waals surface area contributed by atoms with E-state index in [1.807, 2.05) is 0 Å². The third-order valence-electron chi connectivity index (χ3n) is 2.15. The van der Waals surface area contributed by atoms with Crippen molar-refractivity contribution in [3.8, 4) is 17.0 Å². The normalized spacial score (nSPS) is 10.4. The summed E-state index contributed by atoms with van der Waals surface area (Å²) in [5, 5.41) is 26.1. The molecule has 0 aliphatic carbocycles. The Morgan fingerprint density at radius 2 is 2.18 bits per heavy atom. The molecule has 17 heavy (non-hydrogen) atoms. The van der Waals surface area contributed by atoms with Crippen LogP contribution in [0.3, 0.4) is 0 Å². The van der Waals surface area contributed by atoms with E-state index in [0.29, 0.717) is 6.07 Å². The summed E-state index contributed by atoms with van der Waals surface area (Å²) in [5.41, 5.74) is 5.01. The van der Waals surface area contributed by atoms with E-state index in [2.05, 4.69) is 10.2 Å². The molecule has 0 atom stereocenters. The summed E-state index contributed by atoms with van der Waals surface area (Å²) in [6.45, 7) is 0. The molecule has 0 aliphatic rings. The Bertz CT molecular complexity index is 596. The third-order valence-corrected chi connectivity index (χ3v) is 2.15. The Morgan fingerprint density at radius 1 is 1.47 bits per heavy atom. The minimum atomic E-state index is -1.08. The highest BCUT2D eigenvalue weighted by atomic mass is 19.1. The first-order valence-electron chi connectivity index (χ1n) is 4.47. The molecule has 2 aromatic rings. The number of benzene rings is 1. The van der Waals surface area contributed by atoms with Crippen LogP contribution in [-0.4, -0.2) is 20.2 Å². The Morgan fingerprint density at radius 3 is 2.71 bits per heavy atom. The third kappa shape index (κ3) is 1.87. The fourth-order valence-corrected chi connectivity index (χ4v) is 1.37. The van der Waals surface area contributed by atoms with Gasteiger partial charge in [-0.2, -0.15) is 5.10 Å². The monoisotopic (exact) mass is 238 g/mol. The Hall–Kier alpha value is -2.64. The van der Waals surface area contributed by atoms with E-state index in [4.69, 9.17) is 5.73 Å². The first-order chi connectivity index (χ1) is 7.99. The number of nitrogens with one attached hydrogen (secondary N) is 1. The van der Waals surface area contributed by atoms with Crippen molar-refractivity contribution < 1.29 is 14.4 Å². The van der Waals surface area contributed by atoms with Crippen molar-refractivity contribution in [1.29, 1.82) is 0 Å². The second-order valence-corrected chi connectivity index (χ2v) is 3.29. The molecule has 0 saturated heterocycles. The number of aromatic hydroxyl groups is 1. The van der Waals surface area contributed by atoms with Crippen LogP contribution in [-0.2, 0) is 0 Å². The molecule has 0 bridgehead atoms. The van der Waals surface area contributed by atoms with Crippen molar-refractivity contribution in [3.63, 3.8) is 0 Å². The number of phenols is 1. The molecular formula is C9H7FN4O3. The van der Waals surface area contributed by atoms with Gasteiger partial charge in [-0.05, 0) is 0 Å². The molecule has 0 spiro atoms. The van der Waals surface area contributed by atoms with Crippen molar-refractivity contribution in [2.24, 2.45) is 0 Å². The number of anilines is 1. The number of nitrogen functional groups attached to an aromatic ring is 1. The highest BCUT2D eigenvalue weighted by Gasteiger charge is 2.18. The lowest BCUT2D eigenvalue weighted by Gasteiger charge is -2.02. The van der Waals surface area contributed by atoms with Crippen molar-refractivity contribution >= 4 is 11.5 Å². The second kappa shape index (κ2) is 3.74. The topological polar surface area (TPSA) is 118 Å². The number of non-ortho nitro benzene ring substituents is 1. The first-order valence-corrected chi connectivity index (χ1v) is 4.47. The van der Waals surface area contributed by atoms with Gasteiger partial charge in [0.05, 0.1) is 22.2 Å². The molecule has 0 aliphatic heterocycles. The van der Waals surface area contributed by atoms with E-state index in [1.165, 1.54) is 6.07 Å². The molecule has 0 radical (unpaired) electrons. The summed E-state index contributed by atoms with van der Waals surface area (Å²) in [7, 11) is 0. The number of nitro groups is 1. The minimum absolute atomic E-state index is 0.0686. The Labute approximate surface area is 93.8 Å². The van der Waals surface area contributed by atoms with Gasteiger partial charge in [-0.1, -0.05) is 0 Å². The zero-order valence-corrected chi connectivity index (χ0v) is 8.35. The maximum absolute atomic E-state index is 13.3. The van der Waals surface area contributed by atoms with Crippen LogP contribution < -0.4 is 5.73 Å². The average Bonchev–Trinajstić information content (AvgIpc) is 2.68. The second-order valence-electron chi connectivity index (χ2n) is 3.29. The van der Waals surface area contributed by atoms with Crippen molar-refractivity contribution in [3.05, 3.63) is 34.1 Å². The molecule has 0 amide bonds. The number of rotatable bonds is 2. The van der Waals surface area contributed by atoms with E-state index in [-0.39, 0.29) is 17.1 Å². The molecule has 0 unspecified atom stereocenters. The molecule has 0 fully saturated rings. The van der Waals surface area contributed by atoms with E-state index in [9.17, 15) is 19.6 Å². The summed E-state index contributed by atoms with van der Waals surface area (Å²) in [5.74, 6) is -1.65. The maximum Gasteiger partial charge on any atom is 0.273 e. The average molecular weight is 238 g/mol. The summed E-state index contributed by atoms with van der Waals surface area (Å²) in [4.78, 5) is 9.80. The van der Waals surface area contributed by atoms with Gasteiger partial charge >= 0.3 is 0 Å². The Kier molecular flexibility index (Phi) is 2.39. The fourth-order valence-electron chi connectivity index (χ4n) is 1.37. The highest BCUT2D eigenvalue weighted by Crippen LogP contribution is 2.34. The molecule has 1 aromatic carbocycles. The van der Waals surface area contributed by atoms with Crippen LogP contribution >= 0.6 is 0 Å². The van der Waals surface area contributed by atoms with E-state index in [1.54, 1.807) is 0 Å². The molecule has 2 rings (SSSR count). The van der Waals surface area contributed by atoms with Gasteiger partial charge in [0.2, 0.25) is 0 Å². The SMILES string of the molecule is Nc1cc(-c2cc([N+](=O)[O-])cc(F)c2O)[nH]n1. The smallest absolute Gasteiger partial charge is 0.273 e. The number of nitrogens with zero attached hydrogens (tertiary/aromatic N) is 2. The molecule has 1 aromatic heterocycles. The molecule has 7 nitrogen and oxygen atoms in total. The van der Waals surface area contributed by atoms with Gasteiger partial charge < -0.3 is 10.8 Å². The number of halogens is 1. The maximum atomic E-state index is 13.3. The first kappa shape index (κ1) is 10.9. The van der Waals surface area contributed by atoms with Gasteiger partial charge in [-0.3, -0.25) is 15.2 Å². The molecule has 1 heterocycles. The number of nitrogens with two attached hydrogens (primary N) is 1. The fraction of sp³-hybridized carbons (Fsp3) is 0. The molecule has 8 heteroatoms. The lowest BCUT2D eigenvalue weighted by atomic mass is 10.1. The summed E-state index contributed by atoms with van der Waals surface area (Å²) >= 11 is 0. The van der Waals surface area contributed by atoms with Crippen LogP contribution in [0.2, 0.25) is 0 Å². The van der Waals surface area contributed by atoms with Gasteiger partial charge in [0.1, 0.15) is 5.82 Å². The molecule has 0 saturated carbocycles. The van der Waals surface area contributed by atoms with Gasteiger partial charge in [-0.15, -0.1) is 0 Å². The van der Waals surface area contributed by atoms with Crippen LogP contribution in [0.25, 0.3) is 11.3 Å². The van der Waals surface area contributed by atoms with Gasteiger partial charge in [0, 0.05) is 12.1 Å². The predicted octanol–water partition coefficient (Wildman–Crippen LogP) is 1.41. The molecular weight excluding hydrogens is 231 g/mol. The van der Waals surface area contributed by atoms with Crippen molar-refractivity contribution in [1.82, 2.24) is 10.2 Å². The number of phenolic OH excluding ortho intramolecular Hbond substituents is 1. The standard InChI is InChI=1S/C9H7FN4O3/c10-6-2-4(14(16)17)1-5(9(6)15)7-3-8(11)13-12-7/h1-3,15H,(H3,11,12,13). The Balaban J connectivity index is 2.64. The van der Waals surface area contributed by atoms with Gasteiger partial charge in [-0.25, -0.2) is 4.39 Å². The predicted molar refractivity (Wildman–Crippen MR) is 56.7 cm³/mol. The number of nitro benzene ring substituents is 1. The van der Waals surface area contributed by atoms with E-state index in [0.717, 1.165) is 6.07 Å². The van der Waals surface area contributed by atoms with Crippen LogP contribution in [0, 0.1) is 15.9 Å². The highest BCUT2D eigenvalue weighted by molar-refractivity contribution is 5.71. The van der Waals surface area contributed by atoms with Gasteiger partial charge in [0.15, 0.2) is 11.6 Å². The number of hydrogen-bond acceptors (Lipinski definition) is 5. The molecule has 88 valence electrons. The van der Waals surface area contributed by atoms with Crippen molar-refractivity contribution in [2.75, 3.05) is 5.73 Å². The van der Waals surface area contributed by atoms with Crippen LogP contribution in [0.1, 0.15) is 0 Å². The lowest BCUT2D eigenvalue weighted by molar-refractivity contribution is -0.385. The van der Waals surface area contributed by atoms with Crippen LogP contribution in [0.4, 0.5) is 15.9 Å². The summed E-state index contributed by atoms with van der Waals surface area (Å²) in [6, 6.07) is 3.00. The quantitative estimate of drug-likeness (QED) is 0.540. The van der Waals surface area contributed by atoms with Crippen LogP contribution in [0.5, 0.6) is 5.75 Å². The van der Waals surface area contributed by atoms with E-state index >= 15 is 0 Å². The van der Waals surface area contributed by atoms with Gasteiger partial charge in [0.25, 0.3) is 5.69 Å². The number of H-pyrrole nitrogens is 1. The summed E-state index contributed by atoms with van der Waals surface area (Å²) < 4.78 is 13.3. The zero-order chi connectivity index (χ0) is 12.6. The number of hydrogen-bond donors (Lipinski definition) is 3. The number of aromatic amines is 1. The van der Waals surface area contributed by atoms with Crippen molar-refractivity contribution in [2.45, 2.75) is 0 Å². The van der Waals surface area contributed by atoms with E-state index < -0.39 is 22.2 Å². The summed E-state index contributed by atoms with van der Waals surface area (Å²) in [6.07, 6.45) is 0. The zero-order valence-electron chi connectivity index (χ0n) is 8.35. The van der Waals surface area contributed by atoms with Crippen LogP contribution in [0.15, 0.2) is 18.2 Å². The molecule has 4 N–H and O–H groups in total.